The SMILES string of the molecule is CCCC[N+](CCCC)=C1C=CC(=C2C(O)C(=C3C=CC(=[N+](CCCC)CCCC)C=C3O)C2O)C(O)=C1. The van der Waals surface area contributed by atoms with Crippen molar-refractivity contribution in [1.82, 2.24) is 0 Å². The van der Waals surface area contributed by atoms with E-state index in [2.05, 4.69) is 36.8 Å². The fourth-order valence-corrected chi connectivity index (χ4v) is 5.18. The van der Waals surface area contributed by atoms with Gasteiger partial charge in [-0.2, -0.15) is 0 Å². The van der Waals surface area contributed by atoms with Gasteiger partial charge in [0, 0.05) is 60.1 Å². The standard InChI is InChI=1S/C32H46N2O4/c1-5-9-17-33(18-10-6-2)23-13-15-25(27(35)21-23)29-31(37)30(32(29)38)26-16-14-24(22-28(26)36)34(19-11-7-3)20-12-8-4/h13-16,21-22,31-32,37-38H,5-12,17-20H2,1-4H3/p+2. The van der Waals surface area contributed by atoms with Crippen LogP contribution in [-0.2, 0) is 0 Å². The molecule has 0 aromatic heterocycles. The van der Waals surface area contributed by atoms with E-state index >= 15 is 0 Å². The van der Waals surface area contributed by atoms with Gasteiger partial charge in [-0.15, -0.1) is 0 Å². The largest absolute Gasteiger partial charge is 0.507 e. The van der Waals surface area contributed by atoms with Gasteiger partial charge in [-0.3, -0.25) is 0 Å². The van der Waals surface area contributed by atoms with E-state index in [1.807, 2.05) is 12.2 Å². The van der Waals surface area contributed by atoms with Crippen molar-refractivity contribution in [2.75, 3.05) is 26.2 Å². The Balaban J connectivity index is 1.88. The van der Waals surface area contributed by atoms with Gasteiger partial charge in [0.1, 0.15) is 49.9 Å². The number of hydrogen-bond donors (Lipinski definition) is 4. The number of allylic oxidation sites excluding steroid dienone is 6. The molecule has 0 spiro atoms. The van der Waals surface area contributed by atoms with Gasteiger partial charge in [-0.05, 0) is 12.2 Å². The molecule has 0 saturated heterocycles. The van der Waals surface area contributed by atoms with E-state index in [-0.39, 0.29) is 11.5 Å². The Kier molecular flexibility index (Phi) is 11.4. The van der Waals surface area contributed by atoms with Gasteiger partial charge in [-0.1, -0.05) is 53.4 Å². The fraction of sp³-hybridized carbons (Fsp3) is 0.562. The lowest BCUT2D eigenvalue weighted by Gasteiger charge is -2.38. The second-order valence-corrected chi connectivity index (χ2v) is 10.5. The molecule has 0 aromatic rings. The lowest BCUT2D eigenvalue weighted by molar-refractivity contribution is -0.527. The Morgan fingerprint density at radius 3 is 1.13 bits per heavy atom. The zero-order valence-electron chi connectivity index (χ0n) is 23.8. The summed E-state index contributed by atoms with van der Waals surface area (Å²) in [5.74, 6) is 0.101. The molecular formula is C32H48N2O4+2. The lowest BCUT2D eigenvalue weighted by Crippen LogP contribution is -2.43. The number of nitrogens with zero attached hydrogens (tertiary/aromatic N) is 2. The van der Waals surface area contributed by atoms with Crippen LogP contribution < -0.4 is 0 Å². The minimum absolute atomic E-state index is 0.0507. The minimum atomic E-state index is -1.06. The summed E-state index contributed by atoms with van der Waals surface area (Å²) < 4.78 is 4.58. The maximum atomic E-state index is 11.0. The van der Waals surface area contributed by atoms with E-state index in [1.165, 1.54) is 0 Å². The van der Waals surface area contributed by atoms with Crippen LogP contribution in [0, 0.1) is 0 Å². The van der Waals surface area contributed by atoms with Crippen LogP contribution >= 0.6 is 0 Å². The van der Waals surface area contributed by atoms with E-state index in [9.17, 15) is 20.4 Å². The summed E-state index contributed by atoms with van der Waals surface area (Å²) in [6.07, 6.45) is 17.6. The Bertz CT molecular complexity index is 994. The second kappa shape index (κ2) is 14.5. The first-order valence-corrected chi connectivity index (χ1v) is 14.6. The molecule has 0 unspecified atom stereocenters. The smallest absolute Gasteiger partial charge is 0.203 e. The van der Waals surface area contributed by atoms with E-state index in [1.54, 1.807) is 24.3 Å². The highest BCUT2D eigenvalue weighted by molar-refractivity contribution is 6.04. The van der Waals surface area contributed by atoms with Gasteiger partial charge < -0.3 is 20.4 Å². The summed E-state index contributed by atoms with van der Waals surface area (Å²) in [6, 6.07) is 0. The summed E-state index contributed by atoms with van der Waals surface area (Å²) in [4.78, 5) is 0. The normalized spacial score (nSPS) is 21.1. The molecule has 0 amide bonds. The van der Waals surface area contributed by atoms with Crippen molar-refractivity contribution in [2.45, 2.75) is 91.3 Å². The molecule has 1 saturated carbocycles. The Morgan fingerprint density at radius 1 is 0.553 bits per heavy atom. The first-order chi connectivity index (χ1) is 18.4. The van der Waals surface area contributed by atoms with Gasteiger partial charge in [0.2, 0.25) is 11.4 Å². The van der Waals surface area contributed by atoms with E-state index in [0.717, 1.165) is 89.0 Å². The quantitative estimate of drug-likeness (QED) is 0.256. The molecule has 3 rings (SSSR count). The van der Waals surface area contributed by atoms with Crippen LogP contribution in [0.3, 0.4) is 0 Å². The summed E-state index contributed by atoms with van der Waals surface area (Å²) in [6.45, 7) is 12.4. The molecule has 0 aliphatic heterocycles. The highest BCUT2D eigenvalue weighted by Crippen LogP contribution is 2.42. The van der Waals surface area contributed by atoms with Crippen LogP contribution in [0.4, 0.5) is 0 Å². The molecular weight excluding hydrogens is 476 g/mol. The molecule has 6 heteroatoms. The molecule has 6 nitrogen and oxygen atoms in total. The number of hydrogen-bond acceptors (Lipinski definition) is 4. The van der Waals surface area contributed by atoms with Crippen LogP contribution in [0.1, 0.15) is 79.1 Å². The number of rotatable bonds is 12. The number of aliphatic hydroxyl groups is 4. The van der Waals surface area contributed by atoms with Crippen molar-refractivity contribution in [3.05, 3.63) is 70.3 Å². The van der Waals surface area contributed by atoms with Crippen molar-refractivity contribution in [2.24, 2.45) is 0 Å². The van der Waals surface area contributed by atoms with Gasteiger partial charge in [0.25, 0.3) is 0 Å². The van der Waals surface area contributed by atoms with Crippen molar-refractivity contribution < 1.29 is 29.6 Å². The molecule has 4 N–H and O–H groups in total. The van der Waals surface area contributed by atoms with Crippen LogP contribution in [0.25, 0.3) is 0 Å². The maximum absolute atomic E-state index is 11.0. The third kappa shape index (κ3) is 6.83. The van der Waals surface area contributed by atoms with Crippen LogP contribution in [0.15, 0.2) is 70.3 Å². The molecule has 1 fully saturated rings. The molecule has 0 aromatic carbocycles. The molecule has 0 atom stereocenters. The maximum Gasteiger partial charge on any atom is 0.203 e. The number of aliphatic hydroxyl groups excluding tert-OH is 4. The van der Waals surface area contributed by atoms with Gasteiger partial charge in [0.05, 0.1) is 12.2 Å². The fourth-order valence-electron chi connectivity index (χ4n) is 5.18. The van der Waals surface area contributed by atoms with Crippen molar-refractivity contribution in [3.8, 4) is 0 Å². The summed E-state index contributed by atoms with van der Waals surface area (Å²) in [7, 11) is 0. The first-order valence-electron chi connectivity index (χ1n) is 14.6. The average Bonchev–Trinajstić information content (AvgIpc) is 2.91. The third-order valence-corrected chi connectivity index (χ3v) is 7.62. The predicted molar refractivity (Wildman–Crippen MR) is 155 cm³/mol. The van der Waals surface area contributed by atoms with Gasteiger partial charge in [0.15, 0.2) is 0 Å². The van der Waals surface area contributed by atoms with E-state index in [4.69, 9.17) is 0 Å². The third-order valence-electron chi connectivity index (χ3n) is 7.62. The molecule has 0 bridgehead atoms. The second-order valence-electron chi connectivity index (χ2n) is 10.5. The van der Waals surface area contributed by atoms with Crippen molar-refractivity contribution in [3.63, 3.8) is 0 Å². The molecule has 0 radical (unpaired) electrons. The van der Waals surface area contributed by atoms with Crippen LogP contribution in [-0.4, -0.2) is 79.4 Å². The molecule has 3 aliphatic rings. The first kappa shape index (κ1) is 29.9. The van der Waals surface area contributed by atoms with Crippen molar-refractivity contribution in [1.29, 1.82) is 0 Å². The number of unbranched alkanes of at least 4 members (excludes halogenated alkanes) is 4. The molecule has 208 valence electrons. The lowest BCUT2D eigenvalue weighted by atomic mass is 9.72. The van der Waals surface area contributed by atoms with Gasteiger partial charge >= 0.3 is 0 Å². The van der Waals surface area contributed by atoms with Crippen LogP contribution in [0.2, 0.25) is 0 Å². The highest BCUT2D eigenvalue weighted by Gasteiger charge is 2.44. The summed E-state index contributed by atoms with van der Waals surface area (Å²) >= 11 is 0. The van der Waals surface area contributed by atoms with Crippen LogP contribution in [0.5, 0.6) is 0 Å². The van der Waals surface area contributed by atoms with E-state index < -0.39 is 12.2 Å². The molecule has 3 aliphatic carbocycles. The minimum Gasteiger partial charge on any atom is -0.507 e. The van der Waals surface area contributed by atoms with Crippen molar-refractivity contribution >= 4 is 11.4 Å². The molecule has 0 heterocycles. The Hall–Kier alpha value is -2.70. The zero-order valence-corrected chi connectivity index (χ0v) is 23.8. The topological polar surface area (TPSA) is 86.9 Å². The predicted octanol–water partition coefficient (Wildman–Crippen LogP) is 5.45. The Morgan fingerprint density at radius 2 is 0.868 bits per heavy atom. The average molecular weight is 525 g/mol. The molecule has 38 heavy (non-hydrogen) atoms. The summed E-state index contributed by atoms with van der Waals surface area (Å²) in [5.41, 5.74) is 3.53. The summed E-state index contributed by atoms with van der Waals surface area (Å²) in [5, 5.41) is 43.8. The van der Waals surface area contributed by atoms with Gasteiger partial charge in [-0.25, -0.2) is 9.15 Å². The van der Waals surface area contributed by atoms with E-state index in [0.29, 0.717) is 22.3 Å². The highest BCUT2D eigenvalue weighted by atomic mass is 16.3. The zero-order chi connectivity index (χ0) is 27.7. The Labute approximate surface area is 228 Å². The monoisotopic (exact) mass is 524 g/mol.